The van der Waals surface area contributed by atoms with Gasteiger partial charge in [0, 0.05) is 5.92 Å². The molecule has 1 nitrogen and oxygen atoms in total. The van der Waals surface area contributed by atoms with Crippen molar-refractivity contribution in [2.45, 2.75) is 27.7 Å². The van der Waals surface area contributed by atoms with Crippen LogP contribution in [0.5, 0.6) is 0 Å². The summed E-state index contributed by atoms with van der Waals surface area (Å²) in [5.74, 6) is 1.45. The highest BCUT2D eigenvalue weighted by atomic mass is 16.5. The summed E-state index contributed by atoms with van der Waals surface area (Å²) < 4.78 is 5.39. The molecule has 1 heteroatoms. The number of rotatable bonds is 1. The average Bonchev–Trinajstić information content (AvgIpc) is 2.13. The third kappa shape index (κ3) is 1.43. The highest BCUT2D eigenvalue weighted by Gasteiger charge is 2.23. The molecule has 1 rings (SSSR count). The summed E-state index contributed by atoms with van der Waals surface area (Å²) in [7, 11) is 1.73. The highest BCUT2D eigenvalue weighted by Crippen LogP contribution is 2.36. The van der Waals surface area contributed by atoms with Crippen molar-refractivity contribution in [2.75, 3.05) is 7.11 Å². The third-order valence-corrected chi connectivity index (χ3v) is 3.12. The van der Waals surface area contributed by atoms with E-state index in [1.165, 1.54) is 22.3 Å². The van der Waals surface area contributed by atoms with Crippen LogP contribution in [-0.4, -0.2) is 7.11 Å². The zero-order valence-electron chi connectivity index (χ0n) is 9.19. The minimum atomic E-state index is 0.415. The smallest absolute Gasteiger partial charge is 0.121 e. The van der Waals surface area contributed by atoms with Gasteiger partial charge in [-0.15, -0.1) is 0 Å². The van der Waals surface area contributed by atoms with Crippen LogP contribution >= 0.6 is 0 Å². The number of methoxy groups -OCH3 is 1. The first-order valence-corrected chi connectivity index (χ1v) is 4.62. The molecule has 1 aliphatic carbocycles. The molecule has 0 saturated heterocycles. The topological polar surface area (TPSA) is 9.23 Å². The molecule has 0 aromatic carbocycles. The predicted molar refractivity (Wildman–Crippen MR) is 56.4 cm³/mol. The van der Waals surface area contributed by atoms with E-state index in [4.69, 9.17) is 4.74 Å². The van der Waals surface area contributed by atoms with Crippen molar-refractivity contribution in [2.24, 2.45) is 5.92 Å². The summed E-state index contributed by atoms with van der Waals surface area (Å²) in [6, 6.07) is 0. The lowest BCUT2D eigenvalue weighted by molar-refractivity contribution is 0.290. The summed E-state index contributed by atoms with van der Waals surface area (Å²) in [6.07, 6.45) is 0. The maximum Gasteiger partial charge on any atom is 0.121 e. The number of allylic oxidation sites excluding steroid dienone is 4. The quantitative estimate of drug-likeness (QED) is 0.597. The molecule has 0 aromatic heterocycles. The van der Waals surface area contributed by atoms with E-state index in [2.05, 4.69) is 34.3 Å². The molecule has 0 aliphatic heterocycles. The Morgan fingerprint density at radius 3 is 2.15 bits per heavy atom. The summed E-state index contributed by atoms with van der Waals surface area (Å²) in [6.45, 7) is 12.6. The Labute approximate surface area is 80.8 Å². The molecule has 0 aromatic rings. The molecule has 0 bridgehead atoms. The van der Waals surface area contributed by atoms with Gasteiger partial charge in [0.25, 0.3) is 0 Å². The van der Waals surface area contributed by atoms with Crippen LogP contribution in [0.4, 0.5) is 0 Å². The first-order chi connectivity index (χ1) is 6.00. The van der Waals surface area contributed by atoms with E-state index in [1.54, 1.807) is 7.11 Å². The minimum Gasteiger partial charge on any atom is -0.497 e. The second-order valence-corrected chi connectivity index (χ2v) is 3.71. The average molecular weight is 178 g/mol. The van der Waals surface area contributed by atoms with Crippen molar-refractivity contribution in [3.8, 4) is 0 Å². The molecule has 0 amide bonds. The predicted octanol–water partition coefficient (Wildman–Crippen LogP) is 3.45. The molecule has 0 radical (unpaired) electrons. The second-order valence-electron chi connectivity index (χ2n) is 3.71. The fraction of sp³-hybridized carbons (Fsp3) is 0.500. The fourth-order valence-electron chi connectivity index (χ4n) is 1.80. The third-order valence-electron chi connectivity index (χ3n) is 3.12. The molecule has 13 heavy (non-hydrogen) atoms. The van der Waals surface area contributed by atoms with Crippen molar-refractivity contribution in [1.29, 1.82) is 0 Å². The van der Waals surface area contributed by atoms with Gasteiger partial charge in [-0.3, -0.25) is 0 Å². The molecule has 1 aliphatic rings. The van der Waals surface area contributed by atoms with Gasteiger partial charge in [0.1, 0.15) is 5.76 Å². The van der Waals surface area contributed by atoms with E-state index in [-0.39, 0.29) is 0 Å². The molecule has 0 N–H and O–H groups in total. The van der Waals surface area contributed by atoms with Crippen LogP contribution in [0, 0.1) is 5.92 Å². The summed E-state index contributed by atoms with van der Waals surface area (Å²) in [5.41, 5.74) is 5.00. The molecule has 72 valence electrons. The van der Waals surface area contributed by atoms with Gasteiger partial charge in [-0.25, -0.2) is 0 Å². The molecule has 0 saturated carbocycles. The highest BCUT2D eigenvalue weighted by molar-refractivity contribution is 5.49. The zero-order valence-corrected chi connectivity index (χ0v) is 9.19. The molecule has 1 unspecified atom stereocenters. The molecule has 0 heterocycles. The number of hydrogen-bond acceptors (Lipinski definition) is 1. The number of hydrogen-bond donors (Lipinski definition) is 0. The maximum atomic E-state index is 5.39. The van der Waals surface area contributed by atoms with Gasteiger partial charge in [0.05, 0.1) is 7.11 Å². The Bertz CT molecular complexity index is 305. The van der Waals surface area contributed by atoms with Crippen LogP contribution in [0.2, 0.25) is 0 Å². The van der Waals surface area contributed by atoms with Gasteiger partial charge in [-0.1, -0.05) is 13.5 Å². The van der Waals surface area contributed by atoms with Gasteiger partial charge < -0.3 is 4.74 Å². The standard InChI is InChI=1S/C12H18O/c1-7-8(2)10(4)12(13-6)11(5)9(7)3/h8H,1H2,2-6H3. The molecule has 0 spiro atoms. The lowest BCUT2D eigenvalue weighted by atomic mass is 9.81. The van der Waals surface area contributed by atoms with Gasteiger partial charge in [-0.2, -0.15) is 0 Å². The van der Waals surface area contributed by atoms with Crippen molar-refractivity contribution < 1.29 is 4.74 Å². The van der Waals surface area contributed by atoms with Crippen LogP contribution in [0.25, 0.3) is 0 Å². The Morgan fingerprint density at radius 2 is 1.69 bits per heavy atom. The first kappa shape index (κ1) is 10.1. The summed E-state index contributed by atoms with van der Waals surface area (Å²) in [5, 5.41) is 0. The molecular formula is C12H18O. The van der Waals surface area contributed by atoms with Gasteiger partial charge in [0.15, 0.2) is 0 Å². The van der Waals surface area contributed by atoms with Crippen molar-refractivity contribution >= 4 is 0 Å². The van der Waals surface area contributed by atoms with Crippen LogP contribution < -0.4 is 0 Å². The Balaban J connectivity index is 3.27. The SMILES string of the molecule is C=C1C(C)=C(C)C(OC)=C(C)C1C. The summed E-state index contributed by atoms with van der Waals surface area (Å²) >= 11 is 0. The van der Waals surface area contributed by atoms with Crippen LogP contribution in [-0.2, 0) is 4.74 Å². The van der Waals surface area contributed by atoms with Crippen molar-refractivity contribution in [3.05, 3.63) is 34.6 Å². The van der Waals surface area contributed by atoms with E-state index in [9.17, 15) is 0 Å². The Hall–Kier alpha value is -0.980. The maximum absolute atomic E-state index is 5.39. The van der Waals surface area contributed by atoms with Crippen LogP contribution in [0.1, 0.15) is 27.7 Å². The number of ether oxygens (including phenoxy) is 1. The molecule has 1 atom stereocenters. The van der Waals surface area contributed by atoms with E-state index in [0.29, 0.717) is 5.92 Å². The fourth-order valence-corrected chi connectivity index (χ4v) is 1.80. The van der Waals surface area contributed by atoms with Crippen LogP contribution in [0.3, 0.4) is 0 Å². The van der Waals surface area contributed by atoms with Gasteiger partial charge in [-0.05, 0) is 43.1 Å². The molecular weight excluding hydrogens is 160 g/mol. The van der Waals surface area contributed by atoms with Gasteiger partial charge in [0.2, 0.25) is 0 Å². The zero-order chi connectivity index (χ0) is 10.2. The minimum absolute atomic E-state index is 0.415. The van der Waals surface area contributed by atoms with E-state index in [0.717, 1.165) is 5.76 Å². The van der Waals surface area contributed by atoms with E-state index >= 15 is 0 Å². The van der Waals surface area contributed by atoms with Crippen LogP contribution in [0.15, 0.2) is 34.6 Å². The van der Waals surface area contributed by atoms with E-state index in [1.807, 2.05) is 0 Å². The Morgan fingerprint density at radius 1 is 1.15 bits per heavy atom. The van der Waals surface area contributed by atoms with Crippen molar-refractivity contribution in [1.82, 2.24) is 0 Å². The largest absolute Gasteiger partial charge is 0.497 e. The normalized spacial score (nSPS) is 24.1. The first-order valence-electron chi connectivity index (χ1n) is 4.62. The van der Waals surface area contributed by atoms with Crippen molar-refractivity contribution in [3.63, 3.8) is 0 Å². The Kier molecular flexibility index (Phi) is 2.65. The second kappa shape index (κ2) is 3.41. The van der Waals surface area contributed by atoms with Gasteiger partial charge >= 0.3 is 0 Å². The summed E-state index contributed by atoms with van der Waals surface area (Å²) in [4.78, 5) is 0. The lowest BCUT2D eigenvalue weighted by Crippen LogP contribution is -2.13. The lowest BCUT2D eigenvalue weighted by Gasteiger charge is -2.27. The van der Waals surface area contributed by atoms with E-state index < -0.39 is 0 Å². The molecule has 0 fully saturated rings. The monoisotopic (exact) mass is 178 g/mol.